The van der Waals surface area contributed by atoms with Crippen LogP contribution in [0, 0.1) is 6.92 Å². The topological polar surface area (TPSA) is 90.3 Å². The van der Waals surface area contributed by atoms with Gasteiger partial charge in [-0.05, 0) is 44.0 Å². The van der Waals surface area contributed by atoms with Crippen LogP contribution in [-0.4, -0.2) is 50.5 Å². The zero-order chi connectivity index (χ0) is 20.7. The molecule has 5 heterocycles. The number of aromatic nitrogens is 4. The van der Waals surface area contributed by atoms with Crippen LogP contribution in [0.3, 0.4) is 0 Å². The molecule has 2 aliphatic heterocycles. The summed E-state index contributed by atoms with van der Waals surface area (Å²) in [5, 5.41) is 14.2. The first kappa shape index (κ1) is 18.7. The van der Waals surface area contributed by atoms with E-state index in [1.165, 1.54) is 0 Å². The minimum absolute atomic E-state index is 0.185. The summed E-state index contributed by atoms with van der Waals surface area (Å²) in [7, 11) is 0. The van der Waals surface area contributed by atoms with Crippen LogP contribution in [0.4, 0.5) is 17.3 Å². The molecule has 5 rings (SSSR count). The van der Waals surface area contributed by atoms with Gasteiger partial charge in [0.15, 0.2) is 5.82 Å². The summed E-state index contributed by atoms with van der Waals surface area (Å²) >= 11 is 0. The van der Waals surface area contributed by atoms with Crippen LogP contribution in [0.25, 0.3) is 11.3 Å². The predicted molar refractivity (Wildman–Crippen MR) is 116 cm³/mol. The first-order valence-electron chi connectivity index (χ1n) is 10.4. The van der Waals surface area contributed by atoms with Crippen molar-refractivity contribution in [2.75, 3.05) is 28.2 Å². The van der Waals surface area contributed by atoms with E-state index >= 15 is 0 Å². The number of hydrogen-bond acceptors (Lipinski definition) is 8. The van der Waals surface area contributed by atoms with E-state index in [0.717, 1.165) is 60.1 Å². The maximum absolute atomic E-state index is 11.1. The fourth-order valence-electron chi connectivity index (χ4n) is 4.23. The Bertz CT molecular complexity index is 1060. The van der Waals surface area contributed by atoms with Crippen molar-refractivity contribution in [2.24, 2.45) is 0 Å². The molecule has 2 N–H and O–H groups in total. The lowest BCUT2D eigenvalue weighted by Crippen LogP contribution is -2.51. The number of hydrogen-bond donors (Lipinski definition) is 2. The molecule has 1 fully saturated rings. The van der Waals surface area contributed by atoms with Crippen LogP contribution in [0.15, 0.2) is 42.9 Å². The van der Waals surface area contributed by atoms with E-state index < -0.39 is 6.35 Å². The molecule has 2 aliphatic rings. The highest BCUT2D eigenvalue weighted by molar-refractivity contribution is 5.76. The largest absolute Gasteiger partial charge is 0.366 e. The van der Waals surface area contributed by atoms with Gasteiger partial charge in [-0.15, -0.1) is 0 Å². The number of aryl methyl sites for hydroxylation is 2. The predicted octanol–water partition coefficient (Wildman–Crippen LogP) is 2.59. The summed E-state index contributed by atoms with van der Waals surface area (Å²) in [5.74, 6) is 1.33. The number of pyridine rings is 2. The number of anilines is 3. The van der Waals surface area contributed by atoms with Crippen molar-refractivity contribution in [2.45, 2.75) is 39.1 Å². The Labute approximate surface area is 175 Å². The first-order chi connectivity index (χ1) is 14.6. The number of rotatable bonds is 5. The van der Waals surface area contributed by atoms with Crippen LogP contribution in [0.2, 0.25) is 0 Å². The second kappa shape index (κ2) is 7.53. The van der Waals surface area contributed by atoms with Crippen LogP contribution in [0.1, 0.15) is 24.7 Å². The third-order valence-corrected chi connectivity index (χ3v) is 5.80. The Kier molecular flexibility index (Phi) is 4.71. The van der Waals surface area contributed by atoms with Gasteiger partial charge < -0.3 is 20.2 Å². The molecule has 8 heteroatoms. The van der Waals surface area contributed by atoms with Crippen molar-refractivity contribution in [3.05, 3.63) is 54.2 Å². The van der Waals surface area contributed by atoms with E-state index in [0.29, 0.717) is 5.82 Å². The van der Waals surface area contributed by atoms with Crippen molar-refractivity contribution in [1.29, 1.82) is 0 Å². The summed E-state index contributed by atoms with van der Waals surface area (Å²) in [6.07, 6.45) is 6.05. The number of fused-ring (bicyclic) bond motifs is 4. The molecule has 1 saturated heterocycles. The van der Waals surface area contributed by atoms with Crippen molar-refractivity contribution in [3.8, 4) is 11.3 Å². The molecule has 0 spiro atoms. The van der Waals surface area contributed by atoms with Crippen molar-refractivity contribution < 1.29 is 5.11 Å². The van der Waals surface area contributed by atoms with Gasteiger partial charge in [-0.3, -0.25) is 9.97 Å². The van der Waals surface area contributed by atoms with E-state index in [1.807, 2.05) is 36.9 Å². The minimum Gasteiger partial charge on any atom is -0.366 e. The molecule has 154 valence electrons. The fourth-order valence-corrected chi connectivity index (χ4v) is 4.23. The number of nitrogens with zero attached hydrogens (tertiary/aromatic N) is 6. The molecular weight excluding hydrogens is 378 g/mol. The van der Waals surface area contributed by atoms with E-state index in [9.17, 15) is 5.11 Å². The Morgan fingerprint density at radius 3 is 2.87 bits per heavy atom. The second-order valence-electron chi connectivity index (χ2n) is 7.79. The highest BCUT2D eigenvalue weighted by Crippen LogP contribution is 2.40. The van der Waals surface area contributed by atoms with E-state index in [1.54, 1.807) is 18.6 Å². The maximum atomic E-state index is 11.1. The van der Waals surface area contributed by atoms with E-state index in [-0.39, 0.29) is 6.04 Å². The molecule has 2 atom stereocenters. The lowest BCUT2D eigenvalue weighted by Gasteiger charge is -2.40. The normalized spacial score (nSPS) is 18.3. The number of aliphatic hydroxyl groups excluding tert-OH is 1. The first-order valence-corrected chi connectivity index (χ1v) is 10.4. The van der Waals surface area contributed by atoms with E-state index in [4.69, 9.17) is 4.98 Å². The van der Waals surface area contributed by atoms with Crippen LogP contribution >= 0.6 is 0 Å². The van der Waals surface area contributed by atoms with Gasteiger partial charge in [-0.2, -0.15) is 0 Å². The van der Waals surface area contributed by atoms with Gasteiger partial charge in [0.25, 0.3) is 0 Å². The average molecular weight is 403 g/mol. The number of nitrogens with one attached hydrogen (secondary N) is 1. The monoisotopic (exact) mass is 403 g/mol. The summed E-state index contributed by atoms with van der Waals surface area (Å²) < 4.78 is 0. The quantitative estimate of drug-likeness (QED) is 0.629. The Morgan fingerprint density at radius 2 is 2.10 bits per heavy atom. The van der Waals surface area contributed by atoms with Gasteiger partial charge in [-0.1, -0.05) is 6.92 Å². The molecule has 30 heavy (non-hydrogen) atoms. The lowest BCUT2D eigenvalue weighted by molar-refractivity contribution is 0.184. The van der Waals surface area contributed by atoms with Crippen molar-refractivity contribution in [1.82, 2.24) is 19.9 Å². The average Bonchev–Trinajstić information content (AvgIpc) is 3.18. The summed E-state index contributed by atoms with van der Waals surface area (Å²) in [6, 6.07) is 8.31. The van der Waals surface area contributed by atoms with Crippen LogP contribution < -0.4 is 15.1 Å². The third kappa shape index (κ3) is 3.33. The molecular formula is C22H25N7O. The molecule has 0 radical (unpaired) electrons. The van der Waals surface area contributed by atoms with Gasteiger partial charge in [0.1, 0.15) is 5.82 Å². The second-order valence-corrected chi connectivity index (χ2v) is 7.79. The van der Waals surface area contributed by atoms with Crippen molar-refractivity contribution >= 4 is 17.3 Å². The summed E-state index contributed by atoms with van der Waals surface area (Å²) in [5.41, 5.74) is 4.80. The number of aliphatic hydroxyl groups is 1. The smallest absolute Gasteiger partial charge is 0.208 e. The van der Waals surface area contributed by atoms with Crippen LogP contribution in [0.5, 0.6) is 0 Å². The molecule has 0 aliphatic carbocycles. The zero-order valence-electron chi connectivity index (χ0n) is 17.2. The fraction of sp³-hybridized carbons (Fsp3) is 0.364. The lowest BCUT2D eigenvalue weighted by atomic mass is 10.1. The molecule has 0 aromatic carbocycles. The van der Waals surface area contributed by atoms with Crippen molar-refractivity contribution in [3.63, 3.8) is 0 Å². The summed E-state index contributed by atoms with van der Waals surface area (Å²) in [6.45, 7) is 5.84. The Morgan fingerprint density at radius 1 is 1.20 bits per heavy atom. The van der Waals surface area contributed by atoms with Crippen LogP contribution in [-0.2, 0) is 6.42 Å². The highest BCUT2D eigenvalue weighted by atomic mass is 16.3. The van der Waals surface area contributed by atoms with Gasteiger partial charge >= 0.3 is 0 Å². The molecule has 3 aromatic rings. The third-order valence-electron chi connectivity index (χ3n) is 5.80. The molecule has 2 bridgehead atoms. The van der Waals surface area contributed by atoms with Gasteiger partial charge in [0.2, 0.25) is 6.35 Å². The van der Waals surface area contributed by atoms with Gasteiger partial charge in [0, 0.05) is 30.5 Å². The molecule has 8 nitrogen and oxygen atoms in total. The summed E-state index contributed by atoms with van der Waals surface area (Å²) in [4.78, 5) is 22.3. The standard InChI is InChI=1S/C22H25N7O/c1-3-16-11-25-20(12-24-16)27-22(30)29-17-7-9-28(13-17)19-5-4-18(26-21(19)29)15-6-8-23-14(2)10-15/h4-6,8,10-12,17,22,30H,3,7,9,13H2,1-2H3,(H,25,27)/t17-,22?/m0/s1. The molecule has 1 unspecified atom stereocenters. The van der Waals surface area contributed by atoms with Gasteiger partial charge in [0.05, 0.1) is 35.5 Å². The SMILES string of the molecule is CCc1cnc(NC(O)N2c3nc(-c4ccnc(C)c4)ccc3N3CC[C@H]2C3)cn1. The van der Waals surface area contributed by atoms with Gasteiger partial charge in [-0.25, -0.2) is 9.97 Å². The maximum Gasteiger partial charge on any atom is 0.208 e. The highest BCUT2D eigenvalue weighted by Gasteiger charge is 2.40. The minimum atomic E-state index is -0.947. The Balaban J connectivity index is 1.49. The molecule has 3 aromatic heterocycles. The molecule has 0 saturated carbocycles. The Hall–Kier alpha value is -3.26. The molecule has 0 amide bonds. The zero-order valence-corrected chi connectivity index (χ0v) is 17.2. The van der Waals surface area contributed by atoms with E-state index in [2.05, 4.69) is 31.2 Å².